The topological polar surface area (TPSA) is 104 Å². The van der Waals surface area contributed by atoms with Crippen molar-refractivity contribution in [1.29, 1.82) is 0 Å². The van der Waals surface area contributed by atoms with E-state index in [0.29, 0.717) is 12.1 Å². The maximum atomic E-state index is 11.4. The van der Waals surface area contributed by atoms with Crippen LogP contribution in [0.3, 0.4) is 0 Å². The van der Waals surface area contributed by atoms with Crippen LogP contribution >= 0.6 is 0 Å². The molecule has 17 heavy (non-hydrogen) atoms. The summed E-state index contributed by atoms with van der Waals surface area (Å²) in [6.07, 6.45) is 0.100. The Kier molecular flexibility index (Phi) is 4.80. The maximum absolute atomic E-state index is 11.4. The van der Waals surface area contributed by atoms with Crippen molar-refractivity contribution in [2.45, 2.75) is 6.42 Å². The van der Waals surface area contributed by atoms with E-state index in [1.54, 1.807) is 18.2 Å². The molecule has 0 fully saturated rings. The number of carbonyl (C=O) groups excluding carboxylic acids is 2. The molecule has 0 aliphatic rings. The van der Waals surface area contributed by atoms with Gasteiger partial charge in [0.25, 0.3) is 0 Å². The number of carbonyl (C=O) groups is 2. The third-order valence-corrected chi connectivity index (χ3v) is 2.09. The number of rotatable bonds is 5. The summed E-state index contributed by atoms with van der Waals surface area (Å²) in [4.78, 5) is 21.8. The highest BCUT2D eigenvalue weighted by atomic mass is 16.3. The van der Waals surface area contributed by atoms with Crippen LogP contribution < -0.4 is 16.4 Å². The molecule has 5 N–H and O–H groups in total. The summed E-state index contributed by atoms with van der Waals surface area (Å²) in [5.74, 6) is -0.129. The second kappa shape index (κ2) is 6.37. The molecule has 0 spiro atoms. The summed E-state index contributed by atoms with van der Waals surface area (Å²) in [6.45, 7) is 0.581. The lowest BCUT2D eigenvalue weighted by Crippen LogP contribution is -2.37. The van der Waals surface area contributed by atoms with Crippen molar-refractivity contribution in [2.75, 3.05) is 13.1 Å². The van der Waals surface area contributed by atoms with E-state index < -0.39 is 6.03 Å². The lowest BCUT2D eigenvalue weighted by atomic mass is 10.1. The molecule has 0 radical (unpaired) electrons. The number of para-hydroxylation sites is 1. The summed E-state index contributed by atoms with van der Waals surface area (Å²) in [5, 5.41) is 14.4. The molecule has 92 valence electrons. The van der Waals surface area contributed by atoms with E-state index in [0.717, 1.165) is 0 Å². The van der Waals surface area contributed by atoms with Crippen LogP contribution in [0.15, 0.2) is 24.3 Å². The van der Waals surface area contributed by atoms with Gasteiger partial charge >= 0.3 is 6.03 Å². The van der Waals surface area contributed by atoms with Crippen molar-refractivity contribution in [2.24, 2.45) is 5.73 Å². The Hall–Kier alpha value is -2.24. The number of amides is 3. The Balaban J connectivity index is 2.30. The smallest absolute Gasteiger partial charge is 0.312 e. The molecule has 0 bridgehead atoms. The number of hydrogen-bond acceptors (Lipinski definition) is 3. The van der Waals surface area contributed by atoms with Crippen LogP contribution in [0.2, 0.25) is 0 Å². The second-order valence-electron chi connectivity index (χ2n) is 3.45. The monoisotopic (exact) mass is 237 g/mol. The Morgan fingerprint density at radius 2 is 1.82 bits per heavy atom. The number of phenols is 1. The van der Waals surface area contributed by atoms with Gasteiger partial charge in [0, 0.05) is 18.7 Å². The number of urea groups is 1. The largest absolute Gasteiger partial charge is 0.508 e. The maximum Gasteiger partial charge on any atom is 0.312 e. The molecule has 0 aliphatic carbocycles. The Bertz CT molecular complexity index is 407. The van der Waals surface area contributed by atoms with E-state index >= 15 is 0 Å². The molecule has 0 saturated heterocycles. The van der Waals surface area contributed by atoms with Gasteiger partial charge in [0.15, 0.2) is 0 Å². The molecular weight excluding hydrogens is 222 g/mol. The number of phenolic OH excluding ortho intramolecular Hbond substituents is 1. The lowest BCUT2D eigenvalue weighted by Gasteiger charge is -2.06. The molecule has 1 aromatic rings. The molecule has 0 unspecified atom stereocenters. The number of primary amides is 1. The van der Waals surface area contributed by atoms with Gasteiger partial charge in [-0.2, -0.15) is 0 Å². The van der Waals surface area contributed by atoms with Crippen molar-refractivity contribution >= 4 is 11.9 Å². The van der Waals surface area contributed by atoms with Crippen LogP contribution in [0.1, 0.15) is 5.56 Å². The predicted molar refractivity (Wildman–Crippen MR) is 62.4 cm³/mol. The first kappa shape index (κ1) is 12.8. The standard InChI is InChI=1S/C11H15N3O3/c12-11(17)14-6-5-13-10(16)7-8-3-1-2-4-9(8)15/h1-4,15H,5-7H2,(H,13,16)(H3,12,14,17). The Labute approximate surface area is 98.8 Å². The summed E-state index contributed by atoms with van der Waals surface area (Å²) in [6, 6.07) is 6.01. The molecule has 0 aromatic heterocycles. The van der Waals surface area contributed by atoms with Gasteiger partial charge in [0.05, 0.1) is 6.42 Å². The minimum absolute atomic E-state index is 0.0953. The fourth-order valence-corrected chi connectivity index (χ4v) is 1.28. The lowest BCUT2D eigenvalue weighted by molar-refractivity contribution is -0.120. The SMILES string of the molecule is NC(=O)NCCNC(=O)Cc1ccccc1O. The Morgan fingerprint density at radius 3 is 2.47 bits per heavy atom. The fraction of sp³-hybridized carbons (Fsp3) is 0.273. The van der Waals surface area contributed by atoms with Gasteiger partial charge in [0.1, 0.15) is 5.75 Å². The minimum Gasteiger partial charge on any atom is -0.508 e. The number of aromatic hydroxyl groups is 1. The molecule has 0 atom stereocenters. The van der Waals surface area contributed by atoms with Crippen molar-refractivity contribution in [3.63, 3.8) is 0 Å². The van der Waals surface area contributed by atoms with Gasteiger partial charge in [-0.1, -0.05) is 18.2 Å². The van der Waals surface area contributed by atoms with Gasteiger partial charge in [-0.3, -0.25) is 4.79 Å². The summed E-state index contributed by atoms with van der Waals surface area (Å²) >= 11 is 0. The van der Waals surface area contributed by atoms with Crippen molar-refractivity contribution in [3.8, 4) is 5.75 Å². The number of nitrogens with two attached hydrogens (primary N) is 1. The van der Waals surface area contributed by atoms with Gasteiger partial charge in [-0.05, 0) is 6.07 Å². The number of benzene rings is 1. The average molecular weight is 237 g/mol. The summed E-state index contributed by atoms with van der Waals surface area (Å²) < 4.78 is 0. The highest BCUT2D eigenvalue weighted by Crippen LogP contribution is 2.15. The first-order chi connectivity index (χ1) is 8.09. The van der Waals surface area contributed by atoms with Crippen LogP contribution in [0.4, 0.5) is 4.79 Å². The third-order valence-electron chi connectivity index (χ3n) is 2.09. The van der Waals surface area contributed by atoms with E-state index in [1.807, 2.05) is 0 Å². The van der Waals surface area contributed by atoms with Gasteiger partial charge < -0.3 is 21.5 Å². The normalized spacial score (nSPS) is 9.65. The third kappa shape index (κ3) is 4.87. The molecule has 1 rings (SSSR count). The van der Waals surface area contributed by atoms with Gasteiger partial charge in [-0.25, -0.2) is 4.79 Å². The van der Waals surface area contributed by atoms with Crippen LogP contribution in [-0.2, 0) is 11.2 Å². The molecule has 6 heteroatoms. The highest BCUT2D eigenvalue weighted by molar-refractivity contribution is 5.79. The number of hydrogen-bond donors (Lipinski definition) is 4. The Morgan fingerprint density at radius 1 is 1.18 bits per heavy atom. The van der Waals surface area contributed by atoms with Gasteiger partial charge in [-0.15, -0.1) is 0 Å². The van der Waals surface area contributed by atoms with E-state index in [4.69, 9.17) is 5.73 Å². The van der Waals surface area contributed by atoms with Crippen molar-refractivity contribution in [1.82, 2.24) is 10.6 Å². The zero-order valence-electron chi connectivity index (χ0n) is 9.27. The molecule has 0 heterocycles. The average Bonchev–Trinajstić information content (AvgIpc) is 2.27. The van der Waals surface area contributed by atoms with E-state index in [2.05, 4.69) is 10.6 Å². The zero-order chi connectivity index (χ0) is 12.7. The van der Waals surface area contributed by atoms with Crippen molar-refractivity contribution < 1.29 is 14.7 Å². The van der Waals surface area contributed by atoms with Crippen LogP contribution in [0, 0.1) is 0 Å². The highest BCUT2D eigenvalue weighted by Gasteiger charge is 2.06. The summed E-state index contributed by atoms with van der Waals surface area (Å²) in [7, 11) is 0. The van der Waals surface area contributed by atoms with E-state index in [-0.39, 0.29) is 24.6 Å². The van der Waals surface area contributed by atoms with Crippen LogP contribution in [-0.4, -0.2) is 30.1 Å². The summed E-state index contributed by atoms with van der Waals surface area (Å²) in [5.41, 5.74) is 5.42. The van der Waals surface area contributed by atoms with Crippen molar-refractivity contribution in [3.05, 3.63) is 29.8 Å². The first-order valence-electron chi connectivity index (χ1n) is 5.16. The fourth-order valence-electron chi connectivity index (χ4n) is 1.28. The molecule has 1 aromatic carbocycles. The van der Waals surface area contributed by atoms with Crippen LogP contribution in [0.5, 0.6) is 5.75 Å². The zero-order valence-corrected chi connectivity index (χ0v) is 9.27. The first-order valence-corrected chi connectivity index (χ1v) is 5.16. The molecule has 3 amide bonds. The molecular formula is C11H15N3O3. The molecule has 0 aliphatic heterocycles. The van der Waals surface area contributed by atoms with E-state index in [1.165, 1.54) is 6.07 Å². The molecule has 0 saturated carbocycles. The van der Waals surface area contributed by atoms with E-state index in [9.17, 15) is 14.7 Å². The minimum atomic E-state index is -0.625. The van der Waals surface area contributed by atoms with Crippen LogP contribution in [0.25, 0.3) is 0 Å². The molecule has 6 nitrogen and oxygen atoms in total. The van der Waals surface area contributed by atoms with Gasteiger partial charge in [0.2, 0.25) is 5.91 Å². The predicted octanol–water partition coefficient (Wildman–Crippen LogP) is -0.281. The number of nitrogens with one attached hydrogen (secondary N) is 2. The second-order valence-corrected chi connectivity index (χ2v) is 3.45. The quantitative estimate of drug-likeness (QED) is 0.529.